The Kier molecular flexibility index (Phi) is 3.99. The molecular weight excluding hydrogens is 278 g/mol. The van der Waals surface area contributed by atoms with Gasteiger partial charge in [-0.1, -0.05) is 0 Å². The molecule has 1 aliphatic rings. The van der Waals surface area contributed by atoms with E-state index < -0.39 is 23.0 Å². The molecule has 1 aromatic heterocycles. The lowest BCUT2D eigenvalue weighted by molar-refractivity contribution is 0.0692. The smallest absolute Gasteiger partial charge is 0.274 e. The van der Waals surface area contributed by atoms with Crippen molar-refractivity contribution >= 4 is 11.8 Å². The van der Waals surface area contributed by atoms with E-state index in [0.717, 1.165) is 0 Å². The zero-order valence-corrected chi connectivity index (χ0v) is 11.8. The van der Waals surface area contributed by atoms with Crippen molar-refractivity contribution < 1.29 is 19.8 Å². The minimum absolute atomic E-state index is 0.117. The quantitative estimate of drug-likeness (QED) is 0.657. The Bertz CT molecular complexity index is 652. The van der Waals surface area contributed by atoms with Gasteiger partial charge < -0.3 is 25.0 Å². The fraction of sp³-hybridized carbons (Fsp3) is 0.462. The van der Waals surface area contributed by atoms with Crippen LogP contribution in [0.1, 0.15) is 33.3 Å². The van der Waals surface area contributed by atoms with Gasteiger partial charge in [0.15, 0.2) is 11.4 Å². The van der Waals surface area contributed by atoms with E-state index in [0.29, 0.717) is 13.0 Å². The summed E-state index contributed by atoms with van der Waals surface area (Å²) in [4.78, 5) is 37.2. The van der Waals surface area contributed by atoms with Gasteiger partial charge in [0.25, 0.3) is 11.8 Å². The molecule has 114 valence electrons. The van der Waals surface area contributed by atoms with E-state index in [9.17, 15) is 19.5 Å². The molecule has 0 unspecified atom stereocenters. The van der Waals surface area contributed by atoms with Gasteiger partial charge in [0, 0.05) is 33.4 Å². The first-order chi connectivity index (χ1) is 9.92. The van der Waals surface area contributed by atoms with E-state index in [1.165, 1.54) is 22.7 Å². The number of aromatic hydroxyl groups is 1. The number of fused-ring (bicyclic) bond motifs is 1. The summed E-state index contributed by atoms with van der Waals surface area (Å²) in [5, 5.41) is 21.5. The van der Waals surface area contributed by atoms with Crippen LogP contribution in [0.25, 0.3) is 0 Å². The van der Waals surface area contributed by atoms with E-state index in [1.807, 2.05) is 0 Å². The van der Waals surface area contributed by atoms with Crippen LogP contribution >= 0.6 is 0 Å². The maximum atomic E-state index is 12.1. The summed E-state index contributed by atoms with van der Waals surface area (Å²) in [5.74, 6) is -1.88. The molecule has 2 rings (SSSR count). The molecule has 0 aliphatic carbocycles. The molecule has 1 aromatic rings. The van der Waals surface area contributed by atoms with E-state index in [4.69, 9.17) is 5.11 Å². The number of nitrogens with zero attached hydrogens (tertiary/aromatic N) is 2. The number of rotatable bonds is 3. The molecule has 8 nitrogen and oxygen atoms in total. The molecule has 1 aliphatic heterocycles. The molecule has 3 N–H and O–H groups in total. The Morgan fingerprint density at radius 1 is 1.48 bits per heavy atom. The van der Waals surface area contributed by atoms with E-state index in [2.05, 4.69) is 5.32 Å². The molecule has 0 fully saturated rings. The topological polar surface area (TPSA) is 112 Å². The Morgan fingerprint density at radius 3 is 2.71 bits per heavy atom. The fourth-order valence-corrected chi connectivity index (χ4v) is 2.46. The number of nitrogens with one attached hydrogen (secondary N) is 1. The lowest BCUT2D eigenvalue weighted by Gasteiger charge is -2.34. The average molecular weight is 295 g/mol. The second-order valence-corrected chi connectivity index (χ2v) is 4.91. The zero-order chi connectivity index (χ0) is 15.7. The minimum atomic E-state index is -0.882. The summed E-state index contributed by atoms with van der Waals surface area (Å²) in [6.07, 6.45) is 1.60. The summed E-state index contributed by atoms with van der Waals surface area (Å²) in [6, 6.07) is -0.317. The maximum absolute atomic E-state index is 12.1. The average Bonchev–Trinajstić information content (AvgIpc) is 2.46. The van der Waals surface area contributed by atoms with Gasteiger partial charge in [-0.25, -0.2) is 0 Å². The van der Waals surface area contributed by atoms with Crippen LogP contribution in [0, 0.1) is 0 Å². The van der Waals surface area contributed by atoms with Crippen molar-refractivity contribution in [1.29, 1.82) is 0 Å². The lowest BCUT2D eigenvalue weighted by atomic mass is 10.1. The van der Waals surface area contributed by atoms with Crippen LogP contribution in [0.15, 0.2) is 11.0 Å². The largest absolute Gasteiger partial charge is 0.503 e. The van der Waals surface area contributed by atoms with E-state index >= 15 is 0 Å². The van der Waals surface area contributed by atoms with Crippen molar-refractivity contribution in [2.45, 2.75) is 12.5 Å². The van der Waals surface area contributed by atoms with Crippen LogP contribution < -0.4 is 10.7 Å². The third kappa shape index (κ3) is 2.38. The first-order valence-corrected chi connectivity index (χ1v) is 6.48. The number of amides is 2. The Balaban J connectivity index is 2.70. The van der Waals surface area contributed by atoms with Crippen LogP contribution in [0.4, 0.5) is 0 Å². The summed E-state index contributed by atoms with van der Waals surface area (Å²) in [6.45, 7) is 0.205. The first kappa shape index (κ1) is 15.0. The molecule has 0 bridgehead atoms. The van der Waals surface area contributed by atoms with E-state index in [-0.39, 0.29) is 23.9 Å². The predicted octanol–water partition coefficient (Wildman–Crippen LogP) is -1.08. The molecule has 0 spiro atoms. The minimum Gasteiger partial charge on any atom is -0.503 e. The third-order valence-corrected chi connectivity index (χ3v) is 3.57. The van der Waals surface area contributed by atoms with Crippen molar-refractivity contribution in [1.82, 2.24) is 14.8 Å². The summed E-state index contributed by atoms with van der Waals surface area (Å²) < 4.78 is 1.40. The number of aromatic nitrogens is 1. The summed E-state index contributed by atoms with van der Waals surface area (Å²) in [5.41, 5.74) is -1.27. The highest BCUT2D eigenvalue weighted by molar-refractivity contribution is 5.98. The van der Waals surface area contributed by atoms with Crippen molar-refractivity contribution in [3.63, 3.8) is 0 Å². The van der Waals surface area contributed by atoms with Crippen LogP contribution in [-0.2, 0) is 0 Å². The SMILES string of the molecule is CNC(=O)c1cn2c(c(O)c1=O)C(=O)N(C)C[C@H]2CCO. The van der Waals surface area contributed by atoms with E-state index in [1.54, 1.807) is 7.05 Å². The van der Waals surface area contributed by atoms with Crippen molar-refractivity contribution in [3.05, 3.63) is 27.7 Å². The highest BCUT2D eigenvalue weighted by Gasteiger charge is 2.33. The van der Waals surface area contributed by atoms with Gasteiger partial charge in [-0.15, -0.1) is 0 Å². The van der Waals surface area contributed by atoms with Crippen LogP contribution in [-0.4, -0.2) is 58.7 Å². The summed E-state index contributed by atoms with van der Waals surface area (Å²) >= 11 is 0. The molecule has 1 atom stereocenters. The van der Waals surface area contributed by atoms with Gasteiger partial charge in [0.05, 0.1) is 6.04 Å². The van der Waals surface area contributed by atoms with Crippen molar-refractivity contribution in [3.8, 4) is 5.75 Å². The molecule has 0 radical (unpaired) electrons. The van der Waals surface area contributed by atoms with Gasteiger partial charge in [0.2, 0.25) is 5.43 Å². The van der Waals surface area contributed by atoms with Crippen LogP contribution in [0.5, 0.6) is 5.75 Å². The first-order valence-electron chi connectivity index (χ1n) is 6.48. The number of aliphatic hydroxyl groups excluding tert-OH is 1. The number of carbonyl (C=O) groups excluding carboxylic acids is 2. The molecule has 0 saturated heterocycles. The monoisotopic (exact) mass is 295 g/mol. The maximum Gasteiger partial charge on any atom is 0.274 e. The molecular formula is C13H17N3O5. The number of carbonyl (C=O) groups is 2. The number of pyridine rings is 1. The zero-order valence-electron chi connectivity index (χ0n) is 11.8. The Morgan fingerprint density at radius 2 is 2.14 bits per heavy atom. The molecule has 21 heavy (non-hydrogen) atoms. The molecule has 8 heteroatoms. The van der Waals surface area contributed by atoms with Crippen LogP contribution in [0.2, 0.25) is 0 Å². The molecule has 0 saturated carbocycles. The summed E-state index contributed by atoms with van der Waals surface area (Å²) in [7, 11) is 2.92. The number of likely N-dealkylation sites (N-methyl/N-ethyl adjacent to an activating group) is 1. The Hall–Kier alpha value is -2.35. The third-order valence-electron chi connectivity index (χ3n) is 3.57. The van der Waals surface area contributed by atoms with Crippen molar-refractivity contribution in [2.75, 3.05) is 27.2 Å². The normalized spacial score (nSPS) is 17.6. The lowest BCUT2D eigenvalue weighted by Crippen LogP contribution is -2.43. The van der Waals surface area contributed by atoms with Crippen LogP contribution in [0.3, 0.4) is 0 Å². The van der Waals surface area contributed by atoms with Gasteiger partial charge in [-0.05, 0) is 6.42 Å². The number of hydrogen-bond donors (Lipinski definition) is 3. The fourth-order valence-electron chi connectivity index (χ4n) is 2.46. The predicted molar refractivity (Wildman–Crippen MR) is 73.5 cm³/mol. The van der Waals surface area contributed by atoms with Crippen molar-refractivity contribution in [2.24, 2.45) is 0 Å². The second kappa shape index (κ2) is 5.57. The highest BCUT2D eigenvalue weighted by Crippen LogP contribution is 2.27. The second-order valence-electron chi connectivity index (χ2n) is 4.91. The van der Waals surface area contributed by atoms with Gasteiger partial charge >= 0.3 is 0 Å². The number of hydrogen-bond acceptors (Lipinski definition) is 5. The molecule has 0 aromatic carbocycles. The molecule has 2 amide bonds. The molecule has 2 heterocycles. The van der Waals surface area contributed by atoms with Gasteiger partial charge in [0.1, 0.15) is 5.56 Å². The highest BCUT2D eigenvalue weighted by atomic mass is 16.3. The Labute approximate surface area is 120 Å². The standard InChI is InChI=1S/C13H17N3O5/c1-14-12(20)8-6-16-7(3-4-17)5-15(2)13(21)9(16)11(19)10(8)18/h6-7,17,19H,3-5H2,1-2H3,(H,14,20)/t7-/m1/s1. The number of aliphatic hydroxyl groups is 1. The van der Waals surface area contributed by atoms with Gasteiger partial charge in [-0.2, -0.15) is 0 Å². The van der Waals surface area contributed by atoms with Gasteiger partial charge in [-0.3, -0.25) is 14.4 Å².